The Hall–Kier alpha value is -3.03. The van der Waals surface area contributed by atoms with Gasteiger partial charge in [-0.3, -0.25) is 9.59 Å². The maximum Gasteiger partial charge on any atom is 0.311 e. The molecule has 1 saturated heterocycles. The number of halogens is 1. The number of ether oxygens (including phenoxy) is 1. The number of carbonyl (C=O) groups is 1. The molecule has 0 saturated carbocycles. The van der Waals surface area contributed by atoms with Crippen LogP contribution in [0, 0.1) is 5.41 Å². The van der Waals surface area contributed by atoms with Gasteiger partial charge in [0.1, 0.15) is 34.3 Å². The summed E-state index contributed by atoms with van der Waals surface area (Å²) in [5, 5.41) is 21.8. The largest absolute Gasteiger partial charge is 0.507 e. The molecule has 0 aliphatic carbocycles. The van der Waals surface area contributed by atoms with Crippen molar-refractivity contribution < 1.29 is 24.2 Å². The molecule has 1 fully saturated rings. The summed E-state index contributed by atoms with van der Waals surface area (Å²) >= 11 is 6.33. The molecule has 2 aromatic carbocycles. The fourth-order valence-electron chi connectivity index (χ4n) is 4.31. The monoisotopic (exact) mass is 485 g/mol. The zero-order valence-electron chi connectivity index (χ0n) is 19.6. The summed E-state index contributed by atoms with van der Waals surface area (Å²) < 4.78 is 12.0. The van der Waals surface area contributed by atoms with Crippen molar-refractivity contribution in [3.05, 3.63) is 57.2 Å². The van der Waals surface area contributed by atoms with Gasteiger partial charge >= 0.3 is 5.97 Å². The van der Waals surface area contributed by atoms with Gasteiger partial charge < -0.3 is 24.3 Å². The third kappa shape index (κ3) is 4.50. The van der Waals surface area contributed by atoms with Crippen molar-refractivity contribution in [2.45, 2.75) is 39.2 Å². The highest BCUT2D eigenvalue weighted by molar-refractivity contribution is 6.33. The van der Waals surface area contributed by atoms with E-state index >= 15 is 0 Å². The van der Waals surface area contributed by atoms with Gasteiger partial charge in [-0.15, -0.1) is 0 Å². The Bertz CT molecular complexity index is 1310. The lowest BCUT2D eigenvalue weighted by atomic mass is 9.84. The summed E-state index contributed by atoms with van der Waals surface area (Å²) in [7, 11) is 1.93. The lowest BCUT2D eigenvalue weighted by Crippen LogP contribution is -2.44. The molecule has 0 amide bonds. The van der Waals surface area contributed by atoms with Crippen molar-refractivity contribution >= 4 is 28.5 Å². The fourth-order valence-corrected chi connectivity index (χ4v) is 4.54. The van der Waals surface area contributed by atoms with Crippen LogP contribution in [0.25, 0.3) is 22.3 Å². The Morgan fingerprint density at radius 2 is 1.88 bits per heavy atom. The van der Waals surface area contributed by atoms with Crippen LogP contribution < -0.4 is 5.43 Å². The predicted octanol–water partition coefficient (Wildman–Crippen LogP) is 4.90. The van der Waals surface area contributed by atoms with Crippen LogP contribution in [-0.2, 0) is 9.53 Å². The number of aromatic hydroxyl groups is 2. The van der Waals surface area contributed by atoms with Crippen molar-refractivity contribution in [2.75, 3.05) is 20.1 Å². The predicted molar refractivity (Wildman–Crippen MR) is 130 cm³/mol. The van der Waals surface area contributed by atoms with Crippen LogP contribution in [0.5, 0.6) is 11.5 Å². The first kappa shape index (κ1) is 24.1. The van der Waals surface area contributed by atoms with E-state index in [0.29, 0.717) is 35.7 Å². The Labute approximate surface area is 202 Å². The molecule has 2 N–H and O–H groups in total. The SMILES string of the molecule is CN1CC[C@H](c2c(O)cc(O)c3c(=O)cc(-c4ccccc4Cl)oc23)[C@H](OC(=O)C(C)(C)C)C1. The van der Waals surface area contributed by atoms with E-state index in [0.717, 1.165) is 6.07 Å². The number of esters is 1. The zero-order valence-corrected chi connectivity index (χ0v) is 20.3. The third-order valence-corrected chi connectivity index (χ3v) is 6.47. The van der Waals surface area contributed by atoms with Gasteiger partial charge in [-0.25, -0.2) is 0 Å². The smallest absolute Gasteiger partial charge is 0.311 e. The topological polar surface area (TPSA) is 100 Å². The highest BCUT2D eigenvalue weighted by Gasteiger charge is 2.38. The summed E-state index contributed by atoms with van der Waals surface area (Å²) in [6.07, 6.45) is -0.0372. The second-order valence-corrected chi connectivity index (χ2v) is 10.2. The van der Waals surface area contributed by atoms with Gasteiger partial charge in [0.25, 0.3) is 0 Å². The molecule has 1 aromatic heterocycles. The molecule has 3 aromatic rings. The molecule has 34 heavy (non-hydrogen) atoms. The molecule has 1 aliphatic heterocycles. The first-order valence-corrected chi connectivity index (χ1v) is 11.5. The second-order valence-electron chi connectivity index (χ2n) is 9.84. The van der Waals surface area contributed by atoms with Crippen LogP contribution in [0.4, 0.5) is 0 Å². The number of piperidine rings is 1. The minimum absolute atomic E-state index is 0.0385. The summed E-state index contributed by atoms with van der Waals surface area (Å²) in [5.41, 5.74) is -0.268. The molecule has 180 valence electrons. The number of fused-ring (bicyclic) bond motifs is 1. The number of benzene rings is 2. The van der Waals surface area contributed by atoms with Gasteiger partial charge in [-0.1, -0.05) is 23.7 Å². The van der Waals surface area contributed by atoms with E-state index in [9.17, 15) is 19.8 Å². The van der Waals surface area contributed by atoms with Crippen LogP contribution in [0.3, 0.4) is 0 Å². The third-order valence-electron chi connectivity index (χ3n) is 6.14. The van der Waals surface area contributed by atoms with Crippen molar-refractivity contribution in [2.24, 2.45) is 5.41 Å². The molecule has 4 rings (SSSR count). The summed E-state index contributed by atoms with van der Waals surface area (Å²) in [6, 6.07) is 9.35. The standard InChI is InChI=1S/C26H28ClNO6/c1-26(2,3)25(32)34-21-13-28(4)10-9-15(21)22-17(29)11-18(30)23-19(31)12-20(33-24(22)23)14-7-5-6-8-16(14)27/h5-8,11-12,15,21,29-30H,9-10,13H2,1-4H3/t15-,21+/m0/s1. The number of carbonyl (C=O) groups excluding carboxylic acids is 1. The normalized spacial score (nSPS) is 19.3. The molecular weight excluding hydrogens is 458 g/mol. The quantitative estimate of drug-likeness (QED) is 0.509. The zero-order chi connectivity index (χ0) is 24.8. The van der Waals surface area contributed by atoms with Crippen LogP contribution in [0.1, 0.15) is 38.7 Å². The Kier molecular flexibility index (Phi) is 6.36. The molecule has 7 nitrogen and oxygen atoms in total. The van der Waals surface area contributed by atoms with Crippen LogP contribution in [0.15, 0.2) is 45.6 Å². The van der Waals surface area contributed by atoms with Crippen LogP contribution in [-0.4, -0.2) is 47.3 Å². The summed E-state index contributed by atoms with van der Waals surface area (Å²) in [5.74, 6) is -1.21. The summed E-state index contributed by atoms with van der Waals surface area (Å²) in [6.45, 7) is 6.46. The van der Waals surface area contributed by atoms with Crippen LogP contribution in [0.2, 0.25) is 5.02 Å². The van der Waals surface area contributed by atoms with E-state index in [1.165, 1.54) is 6.07 Å². The van der Waals surface area contributed by atoms with Crippen LogP contribution >= 0.6 is 11.6 Å². The van der Waals surface area contributed by atoms with Gasteiger partial charge in [0.2, 0.25) is 0 Å². The molecule has 0 radical (unpaired) electrons. The van der Waals surface area contributed by atoms with Gasteiger partial charge in [-0.05, 0) is 52.9 Å². The summed E-state index contributed by atoms with van der Waals surface area (Å²) in [4.78, 5) is 27.8. The van der Waals surface area contributed by atoms with E-state index in [1.807, 2.05) is 11.9 Å². The maximum atomic E-state index is 13.1. The lowest BCUT2D eigenvalue weighted by Gasteiger charge is -2.37. The Morgan fingerprint density at radius 3 is 2.56 bits per heavy atom. The number of likely N-dealkylation sites (tertiary alicyclic amines) is 1. The highest BCUT2D eigenvalue weighted by atomic mass is 35.5. The van der Waals surface area contributed by atoms with Crippen molar-refractivity contribution in [3.8, 4) is 22.8 Å². The molecule has 0 bridgehead atoms. The number of rotatable bonds is 3. The number of hydrogen-bond acceptors (Lipinski definition) is 7. The van der Waals surface area contributed by atoms with Gasteiger partial charge in [-0.2, -0.15) is 0 Å². The average molecular weight is 486 g/mol. The number of phenols is 2. The van der Waals surface area contributed by atoms with Crippen molar-refractivity contribution in [3.63, 3.8) is 0 Å². The second kappa shape index (κ2) is 8.96. The fraction of sp³-hybridized carbons (Fsp3) is 0.385. The van der Waals surface area contributed by atoms with E-state index in [1.54, 1.807) is 45.0 Å². The van der Waals surface area contributed by atoms with Gasteiger partial charge in [0.15, 0.2) is 5.43 Å². The maximum absolute atomic E-state index is 13.1. The molecule has 0 unspecified atom stereocenters. The minimum Gasteiger partial charge on any atom is -0.507 e. The molecule has 8 heteroatoms. The van der Waals surface area contributed by atoms with Gasteiger partial charge in [0, 0.05) is 35.7 Å². The molecular formula is C26H28ClNO6. The number of hydrogen-bond donors (Lipinski definition) is 2. The first-order valence-electron chi connectivity index (χ1n) is 11.1. The van der Waals surface area contributed by atoms with E-state index < -0.39 is 22.9 Å². The highest BCUT2D eigenvalue weighted by Crippen LogP contribution is 2.44. The van der Waals surface area contributed by atoms with E-state index in [4.69, 9.17) is 20.8 Å². The van der Waals surface area contributed by atoms with E-state index in [-0.39, 0.29) is 34.2 Å². The molecule has 2 atom stereocenters. The van der Waals surface area contributed by atoms with Crippen molar-refractivity contribution in [1.29, 1.82) is 0 Å². The Morgan fingerprint density at radius 1 is 1.18 bits per heavy atom. The van der Waals surface area contributed by atoms with Crippen molar-refractivity contribution in [1.82, 2.24) is 4.90 Å². The first-order chi connectivity index (χ1) is 16.0. The molecule has 1 aliphatic rings. The number of nitrogens with zero attached hydrogens (tertiary/aromatic N) is 1. The minimum atomic E-state index is -0.705. The van der Waals surface area contributed by atoms with Gasteiger partial charge in [0.05, 0.1) is 10.4 Å². The van der Waals surface area contributed by atoms with E-state index in [2.05, 4.69) is 0 Å². The number of phenolic OH excluding ortho intramolecular Hbond substituents is 2. The number of likely N-dealkylation sites (N-methyl/N-ethyl adjacent to an activating group) is 1. The lowest BCUT2D eigenvalue weighted by molar-refractivity contribution is -0.162. The Balaban J connectivity index is 1.92. The molecule has 2 heterocycles. The average Bonchev–Trinajstić information content (AvgIpc) is 2.74. The molecule has 0 spiro atoms.